The molecule has 5 nitrogen and oxygen atoms in total. The minimum absolute atomic E-state index is 0.00428. The molecular formula is C19H14F4N2O3. The number of alkyl halides is 3. The van der Waals surface area contributed by atoms with E-state index in [0.717, 1.165) is 12.1 Å². The van der Waals surface area contributed by atoms with Gasteiger partial charge in [0.2, 0.25) is 0 Å². The molecule has 3 rings (SSSR count). The molecular weight excluding hydrogens is 380 g/mol. The first-order chi connectivity index (χ1) is 13.3. The normalized spacial score (nSPS) is 11.3. The Morgan fingerprint density at radius 2 is 1.75 bits per heavy atom. The van der Waals surface area contributed by atoms with E-state index >= 15 is 0 Å². The smallest absolute Gasteiger partial charge is 0.416 e. The van der Waals surface area contributed by atoms with Crippen molar-refractivity contribution in [1.29, 1.82) is 0 Å². The number of rotatable bonds is 6. The lowest BCUT2D eigenvalue weighted by molar-refractivity contribution is -0.137. The molecule has 0 fully saturated rings. The van der Waals surface area contributed by atoms with Gasteiger partial charge in [0, 0.05) is 12.6 Å². The van der Waals surface area contributed by atoms with E-state index in [-0.39, 0.29) is 30.4 Å². The van der Waals surface area contributed by atoms with Gasteiger partial charge in [0.1, 0.15) is 18.2 Å². The molecule has 0 spiro atoms. The summed E-state index contributed by atoms with van der Waals surface area (Å²) in [6, 6.07) is 11.2. The van der Waals surface area contributed by atoms with Gasteiger partial charge in [-0.05, 0) is 42.0 Å². The minimum Gasteiger partial charge on any atom is -0.486 e. The summed E-state index contributed by atoms with van der Waals surface area (Å²) in [5, 5.41) is 6.17. The van der Waals surface area contributed by atoms with E-state index in [1.54, 1.807) is 0 Å². The lowest BCUT2D eigenvalue weighted by Crippen LogP contribution is -2.23. The van der Waals surface area contributed by atoms with Crippen LogP contribution in [0.1, 0.15) is 27.4 Å². The maximum absolute atomic E-state index is 12.8. The number of halogens is 4. The van der Waals surface area contributed by atoms with Crippen molar-refractivity contribution < 1.29 is 31.6 Å². The Bertz CT molecular complexity index is 935. The first kappa shape index (κ1) is 19.4. The van der Waals surface area contributed by atoms with Crippen LogP contribution in [0, 0.1) is 5.82 Å². The van der Waals surface area contributed by atoms with E-state index in [1.165, 1.54) is 42.5 Å². The third-order valence-corrected chi connectivity index (χ3v) is 3.72. The van der Waals surface area contributed by atoms with Crippen molar-refractivity contribution in [2.45, 2.75) is 19.3 Å². The van der Waals surface area contributed by atoms with Crippen LogP contribution in [-0.2, 0) is 19.3 Å². The van der Waals surface area contributed by atoms with E-state index in [2.05, 4.69) is 10.5 Å². The van der Waals surface area contributed by atoms with Gasteiger partial charge in [0.15, 0.2) is 11.5 Å². The third-order valence-electron chi connectivity index (χ3n) is 3.72. The molecule has 0 saturated carbocycles. The Hall–Kier alpha value is -3.36. The summed E-state index contributed by atoms with van der Waals surface area (Å²) in [6.45, 7) is 0.0239. The van der Waals surface area contributed by atoms with Gasteiger partial charge in [0.25, 0.3) is 5.91 Å². The van der Waals surface area contributed by atoms with Gasteiger partial charge in [-0.15, -0.1) is 0 Å². The van der Waals surface area contributed by atoms with Crippen LogP contribution < -0.4 is 10.1 Å². The Labute approximate surface area is 156 Å². The van der Waals surface area contributed by atoms with Crippen molar-refractivity contribution in [2.24, 2.45) is 0 Å². The Morgan fingerprint density at radius 1 is 1.07 bits per heavy atom. The highest BCUT2D eigenvalue weighted by atomic mass is 19.4. The summed E-state index contributed by atoms with van der Waals surface area (Å²) in [6.07, 6.45) is -4.41. The fraction of sp³-hybridized carbons (Fsp3) is 0.158. The van der Waals surface area contributed by atoms with E-state index < -0.39 is 17.6 Å². The number of benzene rings is 2. The lowest BCUT2D eigenvalue weighted by atomic mass is 10.1. The standard InChI is InChI=1S/C19H14F4N2O3/c20-14-5-7-15(8-6-14)27-11-16-9-17(25-28-16)18(26)24-10-12-1-3-13(4-2-12)19(21,22)23/h1-9H,10-11H2,(H,24,26). The molecule has 0 radical (unpaired) electrons. The second-order valence-corrected chi connectivity index (χ2v) is 5.80. The zero-order chi connectivity index (χ0) is 20.1. The van der Waals surface area contributed by atoms with Gasteiger partial charge in [-0.25, -0.2) is 4.39 Å². The highest BCUT2D eigenvalue weighted by Gasteiger charge is 2.29. The number of hydrogen-bond acceptors (Lipinski definition) is 4. The molecule has 2 aromatic carbocycles. The monoisotopic (exact) mass is 394 g/mol. The SMILES string of the molecule is O=C(NCc1ccc(C(F)(F)F)cc1)c1cc(COc2ccc(F)cc2)on1. The molecule has 1 amide bonds. The highest BCUT2D eigenvalue weighted by molar-refractivity contribution is 5.92. The second kappa shape index (κ2) is 8.12. The molecule has 146 valence electrons. The average molecular weight is 394 g/mol. The first-order valence-electron chi connectivity index (χ1n) is 8.09. The summed E-state index contributed by atoms with van der Waals surface area (Å²) in [5.74, 6) is -0.231. The molecule has 1 heterocycles. The van der Waals surface area contributed by atoms with Crippen LogP contribution in [0.4, 0.5) is 17.6 Å². The predicted molar refractivity (Wildman–Crippen MR) is 89.8 cm³/mol. The molecule has 0 saturated heterocycles. The van der Waals surface area contributed by atoms with Crippen LogP contribution in [0.25, 0.3) is 0 Å². The molecule has 3 aromatic rings. The second-order valence-electron chi connectivity index (χ2n) is 5.80. The number of hydrogen-bond donors (Lipinski definition) is 1. The summed E-state index contributed by atoms with van der Waals surface area (Å²) >= 11 is 0. The van der Waals surface area contributed by atoms with E-state index in [1.807, 2.05) is 0 Å². The summed E-state index contributed by atoms with van der Waals surface area (Å²) in [4.78, 5) is 12.1. The molecule has 28 heavy (non-hydrogen) atoms. The van der Waals surface area contributed by atoms with Gasteiger partial charge in [0.05, 0.1) is 5.56 Å². The Morgan fingerprint density at radius 3 is 2.39 bits per heavy atom. The predicted octanol–water partition coefficient (Wildman–Crippen LogP) is 4.34. The number of carbonyl (C=O) groups is 1. The van der Waals surface area contributed by atoms with Crippen LogP contribution in [0.5, 0.6) is 5.75 Å². The van der Waals surface area contributed by atoms with Crippen molar-refractivity contribution in [2.75, 3.05) is 0 Å². The summed E-state index contributed by atoms with van der Waals surface area (Å²) in [5.41, 5.74) is -0.251. The van der Waals surface area contributed by atoms with E-state index in [9.17, 15) is 22.4 Å². The lowest BCUT2D eigenvalue weighted by Gasteiger charge is -2.08. The molecule has 0 aliphatic heterocycles. The highest BCUT2D eigenvalue weighted by Crippen LogP contribution is 2.29. The molecule has 0 bridgehead atoms. The number of amides is 1. The number of ether oxygens (including phenoxy) is 1. The molecule has 0 atom stereocenters. The molecule has 0 unspecified atom stereocenters. The molecule has 9 heteroatoms. The molecule has 1 N–H and O–H groups in total. The van der Waals surface area contributed by atoms with Crippen molar-refractivity contribution in [1.82, 2.24) is 10.5 Å². The number of nitrogens with zero attached hydrogens (tertiary/aromatic N) is 1. The summed E-state index contributed by atoms with van der Waals surface area (Å²) in [7, 11) is 0. The maximum atomic E-state index is 12.8. The van der Waals surface area contributed by atoms with Crippen molar-refractivity contribution >= 4 is 5.91 Å². The largest absolute Gasteiger partial charge is 0.486 e. The van der Waals surface area contributed by atoms with Crippen LogP contribution in [0.3, 0.4) is 0 Å². The zero-order valence-electron chi connectivity index (χ0n) is 14.3. The van der Waals surface area contributed by atoms with Gasteiger partial charge in [-0.2, -0.15) is 13.2 Å². The third kappa shape index (κ3) is 5.09. The van der Waals surface area contributed by atoms with Crippen molar-refractivity contribution in [3.05, 3.63) is 83.0 Å². The topological polar surface area (TPSA) is 64.4 Å². The molecule has 0 aliphatic carbocycles. The fourth-order valence-electron chi connectivity index (χ4n) is 2.26. The number of carbonyl (C=O) groups excluding carboxylic acids is 1. The van der Waals surface area contributed by atoms with Gasteiger partial charge >= 0.3 is 6.18 Å². The quantitative estimate of drug-likeness (QED) is 0.632. The molecule has 0 aliphatic rings. The van der Waals surface area contributed by atoms with Crippen LogP contribution in [0.15, 0.2) is 59.1 Å². The van der Waals surface area contributed by atoms with E-state index in [0.29, 0.717) is 11.3 Å². The van der Waals surface area contributed by atoms with Crippen LogP contribution >= 0.6 is 0 Å². The van der Waals surface area contributed by atoms with Crippen LogP contribution in [-0.4, -0.2) is 11.1 Å². The average Bonchev–Trinajstić information content (AvgIpc) is 3.14. The van der Waals surface area contributed by atoms with Gasteiger partial charge in [-0.3, -0.25) is 4.79 Å². The number of aromatic nitrogens is 1. The summed E-state index contributed by atoms with van der Waals surface area (Å²) < 4.78 is 60.8. The molecule has 1 aromatic heterocycles. The van der Waals surface area contributed by atoms with Crippen molar-refractivity contribution in [3.63, 3.8) is 0 Å². The van der Waals surface area contributed by atoms with Crippen LogP contribution in [0.2, 0.25) is 0 Å². The maximum Gasteiger partial charge on any atom is 0.416 e. The first-order valence-corrected chi connectivity index (χ1v) is 8.09. The Balaban J connectivity index is 1.51. The van der Waals surface area contributed by atoms with Gasteiger partial charge in [-0.1, -0.05) is 17.3 Å². The number of nitrogens with one attached hydrogen (secondary N) is 1. The van der Waals surface area contributed by atoms with E-state index in [4.69, 9.17) is 9.26 Å². The minimum atomic E-state index is -4.41. The van der Waals surface area contributed by atoms with Gasteiger partial charge < -0.3 is 14.6 Å². The zero-order valence-corrected chi connectivity index (χ0v) is 14.3. The fourth-order valence-corrected chi connectivity index (χ4v) is 2.26. The Kier molecular flexibility index (Phi) is 5.62. The van der Waals surface area contributed by atoms with Crippen molar-refractivity contribution in [3.8, 4) is 5.75 Å².